The molecule has 0 spiro atoms. The van der Waals surface area contributed by atoms with E-state index in [9.17, 15) is 4.79 Å². The summed E-state index contributed by atoms with van der Waals surface area (Å²) in [4.78, 5) is 18.3. The Balaban J connectivity index is 1.92. The van der Waals surface area contributed by atoms with Crippen molar-refractivity contribution in [3.8, 4) is 0 Å². The highest BCUT2D eigenvalue weighted by molar-refractivity contribution is 6.00. The molecule has 136 valence electrons. The van der Waals surface area contributed by atoms with E-state index in [0.29, 0.717) is 5.41 Å². The number of carbonyl (C=O) groups excluding carboxylic acids is 1. The lowest BCUT2D eigenvalue weighted by atomic mass is 9.50. The summed E-state index contributed by atoms with van der Waals surface area (Å²) in [6.07, 6.45) is 6.19. The molecule has 0 N–H and O–H groups in total. The smallest absolute Gasteiger partial charge is 0.273 e. The molecule has 25 heavy (non-hydrogen) atoms. The van der Waals surface area contributed by atoms with Crippen molar-refractivity contribution in [1.82, 2.24) is 5.06 Å². The van der Waals surface area contributed by atoms with Gasteiger partial charge in [0, 0.05) is 5.56 Å². The molecule has 3 aliphatic rings. The molecule has 0 unspecified atom stereocenters. The number of benzene rings is 1. The molecule has 1 amide bonds. The molecule has 4 rings (SSSR count). The highest BCUT2D eigenvalue weighted by Crippen LogP contribution is 2.58. The first-order valence-electron chi connectivity index (χ1n) is 9.70. The van der Waals surface area contributed by atoms with E-state index in [2.05, 4.69) is 46.8 Å². The molecule has 2 atom stereocenters. The van der Waals surface area contributed by atoms with Crippen LogP contribution in [0.3, 0.4) is 0 Å². The SMILES string of the molecule is CON1C(=O)c2ccc3c(c2C1(C)C)CC[C@H]1C(C)(C)CCC[C@]31C. The highest BCUT2D eigenvalue weighted by atomic mass is 16.7. The molecule has 1 aliphatic heterocycles. The van der Waals surface area contributed by atoms with Crippen LogP contribution < -0.4 is 0 Å². The third-order valence-corrected chi connectivity index (χ3v) is 7.56. The van der Waals surface area contributed by atoms with Crippen molar-refractivity contribution in [3.63, 3.8) is 0 Å². The molecule has 2 aliphatic carbocycles. The van der Waals surface area contributed by atoms with Gasteiger partial charge in [-0.15, -0.1) is 0 Å². The van der Waals surface area contributed by atoms with Gasteiger partial charge in [0.1, 0.15) is 0 Å². The van der Waals surface area contributed by atoms with Crippen molar-refractivity contribution in [1.29, 1.82) is 0 Å². The number of rotatable bonds is 1. The van der Waals surface area contributed by atoms with Crippen molar-refractivity contribution in [2.24, 2.45) is 11.3 Å². The van der Waals surface area contributed by atoms with E-state index < -0.39 is 5.54 Å². The van der Waals surface area contributed by atoms with E-state index in [4.69, 9.17) is 4.84 Å². The van der Waals surface area contributed by atoms with Crippen molar-refractivity contribution in [2.45, 2.75) is 77.7 Å². The summed E-state index contributed by atoms with van der Waals surface area (Å²) in [6, 6.07) is 4.32. The fourth-order valence-corrected chi connectivity index (χ4v) is 6.54. The molecule has 1 aromatic rings. The molecule has 1 aromatic carbocycles. The van der Waals surface area contributed by atoms with Crippen LogP contribution in [0, 0.1) is 11.3 Å². The zero-order chi connectivity index (χ0) is 18.2. The maximum absolute atomic E-state index is 12.8. The average Bonchev–Trinajstić information content (AvgIpc) is 2.72. The van der Waals surface area contributed by atoms with Crippen LogP contribution in [0.25, 0.3) is 0 Å². The van der Waals surface area contributed by atoms with E-state index in [1.807, 2.05) is 0 Å². The lowest BCUT2D eigenvalue weighted by molar-refractivity contribution is -0.148. The second-order valence-electron chi connectivity index (χ2n) is 9.71. The van der Waals surface area contributed by atoms with Crippen LogP contribution in [0.4, 0.5) is 0 Å². The Kier molecular flexibility index (Phi) is 3.48. The fraction of sp³-hybridized carbons (Fsp3) is 0.682. The minimum atomic E-state index is -0.403. The maximum Gasteiger partial charge on any atom is 0.278 e. The normalized spacial score (nSPS) is 32.2. The summed E-state index contributed by atoms with van der Waals surface area (Å²) < 4.78 is 0. The molecule has 0 saturated heterocycles. The predicted octanol–water partition coefficient (Wildman–Crippen LogP) is 4.97. The number of nitrogens with zero attached hydrogens (tertiary/aromatic N) is 1. The fourth-order valence-electron chi connectivity index (χ4n) is 6.54. The first-order valence-corrected chi connectivity index (χ1v) is 9.70. The summed E-state index contributed by atoms with van der Waals surface area (Å²) in [5, 5.41) is 1.55. The number of hydrogen-bond acceptors (Lipinski definition) is 2. The van der Waals surface area contributed by atoms with Crippen LogP contribution >= 0.6 is 0 Å². The molecule has 1 fully saturated rings. The monoisotopic (exact) mass is 341 g/mol. The first kappa shape index (κ1) is 17.1. The van der Waals surface area contributed by atoms with Crippen LogP contribution in [0.2, 0.25) is 0 Å². The zero-order valence-corrected chi connectivity index (χ0v) is 16.5. The topological polar surface area (TPSA) is 29.5 Å². The van der Waals surface area contributed by atoms with Gasteiger partial charge >= 0.3 is 0 Å². The predicted molar refractivity (Wildman–Crippen MR) is 99.4 cm³/mol. The van der Waals surface area contributed by atoms with Crippen LogP contribution in [-0.4, -0.2) is 18.1 Å². The average molecular weight is 341 g/mol. The Hall–Kier alpha value is -1.35. The highest BCUT2D eigenvalue weighted by Gasteiger charge is 2.53. The maximum atomic E-state index is 12.8. The number of fused-ring (bicyclic) bond motifs is 5. The van der Waals surface area contributed by atoms with E-state index in [-0.39, 0.29) is 11.3 Å². The number of hydroxylamine groups is 2. The minimum Gasteiger partial charge on any atom is -0.273 e. The Morgan fingerprint density at radius 3 is 2.52 bits per heavy atom. The van der Waals surface area contributed by atoms with E-state index in [1.54, 1.807) is 12.2 Å². The van der Waals surface area contributed by atoms with Crippen molar-refractivity contribution < 1.29 is 9.63 Å². The molecule has 0 radical (unpaired) electrons. The molecular formula is C22H31NO2. The van der Waals surface area contributed by atoms with Crippen molar-refractivity contribution in [2.75, 3.05) is 7.11 Å². The third kappa shape index (κ3) is 2.05. The second-order valence-corrected chi connectivity index (χ2v) is 9.71. The lowest BCUT2D eigenvalue weighted by Crippen LogP contribution is -2.48. The largest absolute Gasteiger partial charge is 0.278 e. The van der Waals surface area contributed by atoms with E-state index in [0.717, 1.165) is 17.9 Å². The van der Waals surface area contributed by atoms with Crippen LogP contribution in [0.15, 0.2) is 12.1 Å². The number of hydrogen-bond donors (Lipinski definition) is 0. The van der Waals surface area contributed by atoms with Crippen molar-refractivity contribution in [3.05, 3.63) is 34.4 Å². The van der Waals surface area contributed by atoms with Gasteiger partial charge in [0.15, 0.2) is 0 Å². The minimum absolute atomic E-state index is 0.00144. The van der Waals surface area contributed by atoms with Crippen molar-refractivity contribution >= 4 is 5.91 Å². The Labute approximate surface area is 151 Å². The standard InChI is InChI=1S/C22H31NO2/c1-20(2)12-7-13-22(5)16-10-8-15-18(14(16)9-11-17(20)22)21(3,4)23(25-6)19(15)24/h8,10,17H,7,9,11-13H2,1-6H3/t17-,22+/m0/s1. The summed E-state index contributed by atoms with van der Waals surface area (Å²) in [5.74, 6) is 0.722. The molecule has 1 saturated carbocycles. The summed E-state index contributed by atoms with van der Waals surface area (Å²) in [6.45, 7) is 11.6. The lowest BCUT2D eigenvalue weighted by Gasteiger charge is -2.55. The zero-order valence-electron chi connectivity index (χ0n) is 16.5. The Morgan fingerprint density at radius 1 is 1.12 bits per heavy atom. The van der Waals surface area contributed by atoms with Crippen LogP contribution in [-0.2, 0) is 22.2 Å². The van der Waals surface area contributed by atoms with E-state index in [1.165, 1.54) is 42.4 Å². The summed E-state index contributed by atoms with van der Waals surface area (Å²) in [5.41, 5.74) is 5.18. The third-order valence-electron chi connectivity index (χ3n) is 7.56. The van der Waals surface area contributed by atoms with Gasteiger partial charge in [-0.05, 0) is 79.0 Å². The van der Waals surface area contributed by atoms with Gasteiger partial charge in [-0.3, -0.25) is 9.63 Å². The molecule has 3 nitrogen and oxygen atoms in total. The molecular weight excluding hydrogens is 310 g/mol. The quantitative estimate of drug-likeness (QED) is 0.722. The van der Waals surface area contributed by atoms with Crippen LogP contribution in [0.1, 0.15) is 87.4 Å². The molecule has 0 bridgehead atoms. The van der Waals surface area contributed by atoms with E-state index >= 15 is 0 Å². The Bertz CT molecular complexity index is 749. The summed E-state index contributed by atoms with van der Waals surface area (Å²) in [7, 11) is 1.60. The molecule has 1 heterocycles. The van der Waals surface area contributed by atoms with Gasteiger partial charge < -0.3 is 0 Å². The number of carbonyl (C=O) groups is 1. The van der Waals surface area contributed by atoms with Gasteiger partial charge in [-0.2, -0.15) is 0 Å². The second kappa shape index (κ2) is 5.09. The molecule has 0 aromatic heterocycles. The van der Waals surface area contributed by atoms with Gasteiger partial charge in [-0.1, -0.05) is 33.3 Å². The Morgan fingerprint density at radius 2 is 1.84 bits per heavy atom. The van der Waals surface area contributed by atoms with Crippen LogP contribution in [0.5, 0.6) is 0 Å². The molecule has 3 heteroatoms. The number of amides is 1. The van der Waals surface area contributed by atoms with Gasteiger partial charge in [-0.25, -0.2) is 5.06 Å². The van der Waals surface area contributed by atoms with Gasteiger partial charge in [0.25, 0.3) is 5.91 Å². The first-order chi connectivity index (χ1) is 11.6. The van der Waals surface area contributed by atoms with Gasteiger partial charge in [0.2, 0.25) is 0 Å². The van der Waals surface area contributed by atoms with Gasteiger partial charge in [0.05, 0.1) is 12.6 Å². The summed E-state index contributed by atoms with van der Waals surface area (Å²) >= 11 is 0.